The summed E-state index contributed by atoms with van der Waals surface area (Å²) in [6, 6.07) is 6.00. The van der Waals surface area contributed by atoms with E-state index in [4.69, 9.17) is 9.47 Å². The third kappa shape index (κ3) is 4.33. The molecule has 0 aliphatic carbocycles. The summed E-state index contributed by atoms with van der Waals surface area (Å²) in [5.74, 6) is 0.664. The smallest absolute Gasteiger partial charge is 0.270 e. The lowest BCUT2D eigenvalue weighted by Crippen LogP contribution is -2.31. The van der Waals surface area contributed by atoms with Crippen molar-refractivity contribution in [2.24, 2.45) is 0 Å². The molecule has 5 nitrogen and oxygen atoms in total. The summed E-state index contributed by atoms with van der Waals surface area (Å²) in [5.41, 5.74) is 2.87. The van der Waals surface area contributed by atoms with E-state index < -0.39 is 0 Å². The van der Waals surface area contributed by atoms with Gasteiger partial charge in [0.15, 0.2) is 0 Å². The highest BCUT2D eigenvalue weighted by molar-refractivity contribution is 7.09. The second kappa shape index (κ2) is 7.77. The summed E-state index contributed by atoms with van der Waals surface area (Å²) < 4.78 is 11.3. The van der Waals surface area contributed by atoms with Crippen LogP contribution in [0.1, 0.15) is 39.5 Å². The van der Waals surface area contributed by atoms with Crippen LogP contribution < -0.4 is 10.1 Å². The Morgan fingerprint density at radius 1 is 1.42 bits per heavy atom. The van der Waals surface area contributed by atoms with E-state index in [1.807, 2.05) is 18.2 Å². The van der Waals surface area contributed by atoms with Crippen LogP contribution in [-0.2, 0) is 11.3 Å². The van der Waals surface area contributed by atoms with Crippen molar-refractivity contribution in [3.8, 4) is 5.75 Å². The number of nitrogens with zero attached hydrogens (tertiary/aromatic N) is 1. The van der Waals surface area contributed by atoms with Crippen molar-refractivity contribution in [3.63, 3.8) is 0 Å². The Morgan fingerprint density at radius 2 is 2.29 bits per heavy atom. The van der Waals surface area contributed by atoms with Gasteiger partial charge >= 0.3 is 0 Å². The van der Waals surface area contributed by atoms with E-state index in [-0.39, 0.29) is 12.0 Å². The Kier molecular flexibility index (Phi) is 5.48. The van der Waals surface area contributed by atoms with Gasteiger partial charge in [0.2, 0.25) is 0 Å². The molecule has 0 spiro atoms. The highest BCUT2D eigenvalue weighted by atomic mass is 32.1. The molecule has 0 unspecified atom stereocenters. The van der Waals surface area contributed by atoms with Crippen molar-refractivity contribution in [2.75, 3.05) is 13.2 Å². The number of nitrogens with one attached hydrogen (secondary N) is 1. The first-order valence-electron chi connectivity index (χ1n) is 8.16. The molecule has 1 fully saturated rings. The lowest BCUT2D eigenvalue weighted by Gasteiger charge is -2.09. The number of ether oxygens (including phenoxy) is 2. The summed E-state index contributed by atoms with van der Waals surface area (Å²) in [5, 5.41) is 5.44. The standard InChI is InChI=1S/C18H22N2O3S/c1-12-5-6-14(8-13(12)2)23-10-17-20-16(11-24-17)18(21)19-9-15-4-3-7-22-15/h5-6,8,11,15H,3-4,7,9-10H2,1-2H3,(H,19,21)/t15-/m1/s1. The summed E-state index contributed by atoms with van der Waals surface area (Å²) in [6.45, 7) is 5.83. The van der Waals surface area contributed by atoms with Crippen molar-refractivity contribution in [2.45, 2.75) is 39.4 Å². The van der Waals surface area contributed by atoms with E-state index in [0.29, 0.717) is 18.8 Å². The molecule has 0 radical (unpaired) electrons. The summed E-state index contributed by atoms with van der Waals surface area (Å²) in [7, 11) is 0. The molecule has 2 aromatic rings. The van der Waals surface area contributed by atoms with Crippen LogP contribution in [0.4, 0.5) is 0 Å². The quantitative estimate of drug-likeness (QED) is 0.872. The van der Waals surface area contributed by atoms with Crippen molar-refractivity contribution in [1.29, 1.82) is 0 Å². The van der Waals surface area contributed by atoms with Gasteiger partial charge in [-0.05, 0) is 49.9 Å². The third-order valence-corrected chi connectivity index (χ3v) is 4.96. The predicted molar refractivity (Wildman–Crippen MR) is 93.7 cm³/mol. The minimum Gasteiger partial charge on any atom is -0.486 e. The fraction of sp³-hybridized carbons (Fsp3) is 0.444. The van der Waals surface area contributed by atoms with Gasteiger partial charge in [-0.15, -0.1) is 11.3 Å². The number of hydrogen-bond donors (Lipinski definition) is 1. The lowest BCUT2D eigenvalue weighted by molar-refractivity contribution is 0.0854. The Labute approximate surface area is 146 Å². The molecule has 1 aliphatic rings. The number of thiazole rings is 1. The maximum atomic E-state index is 12.1. The Hall–Kier alpha value is -1.92. The van der Waals surface area contributed by atoms with Gasteiger partial charge in [-0.2, -0.15) is 0 Å². The highest BCUT2D eigenvalue weighted by Crippen LogP contribution is 2.19. The number of aryl methyl sites for hydroxylation is 2. The van der Waals surface area contributed by atoms with Gasteiger partial charge in [-0.3, -0.25) is 4.79 Å². The van der Waals surface area contributed by atoms with Gasteiger partial charge in [-0.25, -0.2) is 4.98 Å². The maximum absolute atomic E-state index is 12.1. The predicted octanol–water partition coefficient (Wildman–Crippen LogP) is 3.25. The molecule has 1 atom stereocenters. The van der Waals surface area contributed by atoms with Gasteiger partial charge < -0.3 is 14.8 Å². The second-order valence-electron chi connectivity index (χ2n) is 6.01. The molecular formula is C18H22N2O3S. The Balaban J connectivity index is 1.50. The minimum absolute atomic E-state index is 0.139. The Bertz CT molecular complexity index is 708. The average Bonchev–Trinajstić information content (AvgIpc) is 3.25. The summed E-state index contributed by atoms with van der Waals surface area (Å²) in [4.78, 5) is 16.5. The van der Waals surface area contributed by atoms with Crippen LogP contribution in [-0.4, -0.2) is 30.1 Å². The minimum atomic E-state index is -0.154. The van der Waals surface area contributed by atoms with Crippen LogP contribution in [0.2, 0.25) is 0 Å². The van der Waals surface area contributed by atoms with Gasteiger partial charge in [0, 0.05) is 18.5 Å². The summed E-state index contributed by atoms with van der Waals surface area (Å²) in [6.07, 6.45) is 2.21. The first-order chi connectivity index (χ1) is 11.6. The molecule has 1 aromatic heterocycles. The van der Waals surface area contributed by atoms with Gasteiger partial charge in [0.25, 0.3) is 5.91 Å². The van der Waals surface area contributed by atoms with Crippen LogP contribution in [0, 0.1) is 13.8 Å². The molecular weight excluding hydrogens is 324 g/mol. The zero-order chi connectivity index (χ0) is 16.9. The summed E-state index contributed by atoms with van der Waals surface area (Å²) >= 11 is 1.43. The molecule has 0 bridgehead atoms. The monoisotopic (exact) mass is 346 g/mol. The number of hydrogen-bond acceptors (Lipinski definition) is 5. The van der Waals surface area contributed by atoms with E-state index in [2.05, 4.69) is 24.1 Å². The van der Waals surface area contributed by atoms with Gasteiger partial charge in [0.1, 0.15) is 23.1 Å². The van der Waals surface area contributed by atoms with Crippen LogP contribution in [0.25, 0.3) is 0 Å². The number of rotatable bonds is 6. The molecule has 24 heavy (non-hydrogen) atoms. The number of amides is 1. The van der Waals surface area contributed by atoms with Crippen molar-refractivity contribution < 1.29 is 14.3 Å². The van der Waals surface area contributed by atoms with Crippen molar-refractivity contribution >= 4 is 17.2 Å². The normalized spacial score (nSPS) is 17.0. The topological polar surface area (TPSA) is 60.5 Å². The first-order valence-corrected chi connectivity index (χ1v) is 9.04. The zero-order valence-electron chi connectivity index (χ0n) is 14.0. The van der Waals surface area contributed by atoms with Crippen LogP contribution >= 0.6 is 11.3 Å². The van der Waals surface area contributed by atoms with Crippen LogP contribution in [0.15, 0.2) is 23.6 Å². The fourth-order valence-electron chi connectivity index (χ4n) is 2.53. The third-order valence-electron chi connectivity index (χ3n) is 4.14. The van der Waals surface area contributed by atoms with Gasteiger partial charge in [0.05, 0.1) is 6.10 Å². The maximum Gasteiger partial charge on any atom is 0.270 e. The lowest BCUT2D eigenvalue weighted by atomic mass is 10.1. The number of aromatic nitrogens is 1. The largest absolute Gasteiger partial charge is 0.486 e. The van der Waals surface area contributed by atoms with Crippen molar-refractivity contribution in [1.82, 2.24) is 10.3 Å². The number of carbonyl (C=O) groups is 1. The average molecular weight is 346 g/mol. The first kappa shape index (κ1) is 16.9. The second-order valence-corrected chi connectivity index (χ2v) is 6.95. The van der Waals surface area contributed by atoms with E-state index >= 15 is 0 Å². The molecule has 6 heteroatoms. The molecule has 1 saturated heterocycles. The van der Waals surface area contributed by atoms with E-state index in [0.717, 1.165) is 30.2 Å². The molecule has 3 rings (SSSR count). The molecule has 1 aromatic carbocycles. The van der Waals surface area contributed by atoms with E-state index in [1.165, 1.54) is 22.5 Å². The van der Waals surface area contributed by atoms with Crippen LogP contribution in [0.3, 0.4) is 0 Å². The molecule has 1 N–H and O–H groups in total. The number of benzene rings is 1. The highest BCUT2D eigenvalue weighted by Gasteiger charge is 2.18. The van der Waals surface area contributed by atoms with E-state index in [9.17, 15) is 4.79 Å². The SMILES string of the molecule is Cc1ccc(OCc2nc(C(=O)NC[C@H]3CCCO3)cs2)cc1C. The Morgan fingerprint density at radius 3 is 3.04 bits per heavy atom. The molecule has 2 heterocycles. The van der Waals surface area contributed by atoms with Gasteiger partial charge in [-0.1, -0.05) is 6.07 Å². The molecule has 128 valence electrons. The molecule has 0 saturated carbocycles. The zero-order valence-corrected chi connectivity index (χ0v) is 14.8. The van der Waals surface area contributed by atoms with Crippen molar-refractivity contribution in [3.05, 3.63) is 45.4 Å². The fourth-order valence-corrected chi connectivity index (χ4v) is 3.22. The molecule has 1 amide bonds. The molecule has 1 aliphatic heterocycles. The number of carbonyl (C=O) groups excluding carboxylic acids is 1. The van der Waals surface area contributed by atoms with Crippen LogP contribution in [0.5, 0.6) is 5.75 Å². The van der Waals surface area contributed by atoms with E-state index in [1.54, 1.807) is 5.38 Å².